The number of nitrogens with zero attached hydrogens (tertiary/aromatic N) is 3. The van der Waals surface area contributed by atoms with Gasteiger partial charge >= 0.3 is 0 Å². The van der Waals surface area contributed by atoms with Crippen LogP contribution in [-0.4, -0.2) is 69.8 Å². The van der Waals surface area contributed by atoms with E-state index in [1.54, 1.807) is 42.3 Å². The molecule has 0 spiro atoms. The molecule has 3 heterocycles. The summed E-state index contributed by atoms with van der Waals surface area (Å²) in [7, 11) is 1.56. The number of nitrogens with one attached hydrogen (secondary N) is 1. The fraction of sp³-hybridized carbons (Fsp3) is 0.306. The molecule has 3 aliphatic heterocycles. The molecule has 0 radical (unpaired) electrons. The lowest BCUT2D eigenvalue weighted by atomic mass is 9.48. The predicted molar refractivity (Wildman–Crippen MR) is 233 cm³/mol. The molecule has 5 aromatic carbocycles. The highest BCUT2D eigenvalue weighted by molar-refractivity contribution is 6.36. The summed E-state index contributed by atoms with van der Waals surface area (Å²) in [5, 5.41) is 15.3. The van der Waals surface area contributed by atoms with Crippen LogP contribution in [0.1, 0.15) is 48.3 Å². The number of phenolic OH excluding ortho intramolecular Hbond substituents is 1. The molecule has 5 aromatic rings. The maximum Gasteiger partial charge on any atom is 0.260 e. The average molecular weight is 856 g/mol. The van der Waals surface area contributed by atoms with Crippen LogP contribution in [0.15, 0.2) is 121 Å². The summed E-state index contributed by atoms with van der Waals surface area (Å²) in [6.45, 7) is 2.31. The number of rotatable bonds is 8. The van der Waals surface area contributed by atoms with E-state index in [0.717, 1.165) is 35.6 Å². The van der Waals surface area contributed by atoms with E-state index in [2.05, 4.69) is 22.5 Å². The Kier molecular flexibility index (Phi) is 9.93. The fourth-order valence-electron chi connectivity index (χ4n) is 11.3. The lowest BCUT2D eigenvalue weighted by molar-refractivity contribution is -0.144. The molecule has 1 saturated carbocycles. The van der Waals surface area contributed by atoms with Crippen molar-refractivity contribution in [1.82, 2.24) is 14.8 Å². The number of hydrogen-bond donors (Lipinski definition) is 2. The smallest absolute Gasteiger partial charge is 0.260 e. The zero-order valence-corrected chi connectivity index (χ0v) is 35.0. The minimum absolute atomic E-state index is 0.0378. The first-order chi connectivity index (χ1) is 29.6. The Hall–Kier alpha value is -5.68. The molecule has 310 valence electrons. The van der Waals surface area contributed by atoms with Crippen LogP contribution in [0.2, 0.25) is 10.0 Å². The average Bonchev–Trinajstić information content (AvgIpc) is 3.66. The van der Waals surface area contributed by atoms with Crippen LogP contribution in [0.3, 0.4) is 0 Å². The molecule has 10 rings (SSSR count). The first-order valence-corrected chi connectivity index (χ1v) is 21.6. The van der Waals surface area contributed by atoms with Gasteiger partial charge in [0.1, 0.15) is 11.5 Å². The number of anilines is 1. The van der Waals surface area contributed by atoms with Gasteiger partial charge in [-0.05, 0) is 89.9 Å². The van der Waals surface area contributed by atoms with Gasteiger partial charge in [-0.25, -0.2) is 0 Å². The van der Waals surface area contributed by atoms with E-state index in [-0.39, 0.29) is 35.0 Å². The maximum absolute atomic E-state index is 15.8. The van der Waals surface area contributed by atoms with Crippen molar-refractivity contribution in [2.45, 2.75) is 49.6 Å². The number of amides is 4. The number of hydrazine groups is 1. The number of methoxy groups -OCH3 is 1. The maximum atomic E-state index is 15.8. The summed E-state index contributed by atoms with van der Waals surface area (Å²) in [4.78, 5) is 64.5. The van der Waals surface area contributed by atoms with Gasteiger partial charge in [0.15, 0.2) is 0 Å². The monoisotopic (exact) mass is 854 g/mol. The van der Waals surface area contributed by atoms with Crippen LogP contribution in [0, 0.1) is 23.7 Å². The van der Waals surface area contributed by atoms with Crippen molar-refractivity contribution < 1.29 is 29.0 Å². The van der Waals surface area contributed by atoms with Gasteiger partial charge in [-0.3, -0.25) is 34.4 Å². The standard InChI is InChI=1S/C49H44Cl2N4O6/c1-61-33-15-12-30(13-16-33)49-38(46(58)55(48(49)60)52-40-19-14-31(50)25-39(40)51)26-37-35(44(49)43-34-10-6-5-9-29(34)11-20-41(43)56)17-18-36-42(37)47(59)54(45(36)57)32-21-23-53(24-22-32)27-28-7-3-2-4-8-28/h2-17,19-20,25,32,36-38,42,44,52,56H,18,21-24,26-27H2,1H3. The first-order valence-electron chi connectivity index (χ1n) is 20.9. The van der Waals surface area contributed by atoms with Gasteiger partial charge in [0.2, 0.25) is 11.8 Å². The van der Waals surface area contributed by atoms with Crippen LogP contribution in [0.5, 0.6) is 11.5 Å². The number of imide groups is 2. The van der Waals surface area contributed by atoms with Crippen molar-refractivity contribution in [3.05, 3.63) is 148 Å². The molecule has 4 amide bonds. The fourth-order valence-corrected chi connectivity index (χ4v) is 11.8. The Labute approximate surface area is 363 Å². The molecule has 6 atom stereocenters. The van der Waals surface area contributed by atoms with Crippen molar-refractivity contribution in [1.29, 1.82) is 0 Å². The van der Waals surface area contributed by atoms with Crippen molar-refractivity contribution in [3.8, 4) is 11.5 Å². The third-order valence-electron chi connectivity index (χ3n) is 14.0. The largest absolute Gasteiger partial charge is 0.508 e. The van der Waals surface area contributed by atoms with E-state index in [1.165, 1.54) is 11.6 Å². The zero-order valence-electron chi connectivity index (χ0n) is 33.5. The summed E-state index contributed by atoms with van der Waals surface area (Å²) in [6, 6.07) is 33.1. The Bertz CT molecular complexity index is 2630. The minimum Gasteiger partial charge on any atom is -0.508 e. The van der Waals surface area contributed by atoms with Crippen molar-refractivity contribution in [2.24, 2.45) is 23.7 Å². The van der Waals surface area contributed by atoms with E-state index in [1.807, 2.05) is 66.7 Å². The number of ether oxygens (including phenoxy) is 1. The molecule has 4 fully saturated rings. The molecule has 61 heavy (non-hydrogen) atoms. The Morgan fingerprint density at radius 2 is 1.56 bits per heavy atom. The molecular formula is C49H44Cl2N4O6. The molecule has 12 heteroatoms. The predicted octanol–water partition coefficient (Wildman–Crippen LogP) is 8.51. The number of hydrogen-bond acceptors (Lipinski definition) is 8. The topological polar surface area (TPSA) is 119 Å². The van der Waals surface area contributed by atoms with E-state index in [9.17, 15) is 9.90 Å². The zero-order chi connectivity index (χ0) is 42.2. The number of fused-ring (bicyclic) bond motifs is 5. The number of benzene rings is 5. The second-order valence-corrected chi connectivity index (χ2v) is 17.8. The van der Waals surface area contributed by atoms with Gasteiger partial charge in [-0.15, -0.1) is 0 Å². The van der Waals surface area contributed by atoms with Crippen molar-refractivity contribution >= 4 is 63.3 Å². The summed E-state index contributed by atoms with van der Waals surface area (Å²) in [5.41, 5.74) is 4.78. The highest BCUT2D eigenvalue weighted by Gasteiger charge is 2.71. The molecule has 10 nitrogen and oxygen atoms in total. The van der Waals surface area contributed by atoms with Crippen LogP contribution in [-0.2, 0) is 31.1 Å². The molecule has 5 aliphatic rings. The van der Waals surface area contributed by atoms with Gasteiger partial charge < -0.3 is 9.84 Å². The van der Waals surface area contributed by atoms with Gasteiger partial charge in [-0.1, -0.05) is 108 Å². The molecule has 0 aromatic heterocycles. The highest BCUT2D eigenvalue weighted by Crippen LogP contribution is 2.65. The van der Waals surface area contributed by atoms with E-state index in [0.29, 0.717) is 52.2 Å². The minimum atomic E-state index is -1.61. The van der Waals surface area contributed by atoms with Gasteiger partial charge in [0.25, 0.3) is 11.8 Å². The Morgan fingerprint density at radius 3 is 2.30 bits per heavy atom. The molecule has 2 N–H and O–H groups in total. The number of carbonyl (C=O) groups is 4. The number of allylic oxidation sites excluding steroid dienone is 2. The molecule has 2 aliphatic carbocycles. The number of halogens is 2. The number of carbonyl (C=O) groups excluding carboxylic acids is 4. The SMILES string of the molecule is COc1ccc(C23C(=O)N(Nc4ccc(Cl)cc4Cl)C(=O)C2CC2C(=CCC4C(=O)N(C5CCN(Cc6ccccc6)CC5)C(=O)C42)C3c2c(O)ccc3ccccc23)cc1. The molecule has 3 saturated heterocycles. The third-order valence-corrected chi connectivity index (χ3v) is 14.6. The number of phenols is 1. The van der Waals surface area contributed by atoms with Crippen LogP contribution in [0.4, 0.5) is 5.69 Å². The summed E-state index contributed by atoms with van der Waals surface area (Å²) < 4.78 is 5.54. The van der Waals surface area contributed by atoms with E-state index < -0.39 is 46.8 Å². The molecule has 6 unspecified atom stereocenters. The number of aromatic hydroxyl groups is 1. The van der Waals surface area contributed by atoms with Gasteiger partial charge in [0, 0.05) is 42.2 Å². The van der Waals surface area contributed by atoms with Gasteiger partial charge in [-0.2, -0.15) is 5.01 Å². The third kappa shape index (κ3) is 6.24. The van der Waals surface area contributed by atoms with Crippen LogP contribution >= 0.6 is 23.2 Å². The lowest BCUT2D eigenvalue weighted by Crippen LogP contribution is -2.53. The second-order valence-electron chi connectivity index (χ2n) is 17.0. The van der Waals surface area contributed by atoms with Crippen molar-refractivity contribution in [3.63, 3.8) is 0 Å². The number of likely N-dealkylation sites (tertiary alicyclic amines) is 2. The Morgan fingerprint density at radius 1 is 0.820 bits per heavy atom. The van der Waals surface area contributed by atoms with Gasteiger partial charge in [0.05, 0.1) is 41.0 Å². The second kappa shape index (κ2) is 15.3. The van der Waals surface area contributed by atoms with E-state index in [4.69, 9.17) is 27.9 Å². The van der Waals surface area contributed by atoms with E-state index >= 15 is 14.4 Å². The van der Waals surface area contributed by atoms with Crippen molar-refractivity contribution in [2.75, 3.05) is 25.6 Å². The Balaban J connectivity index is 1.10. The normalized spacial score (nSPS) is 26.6. The van der Waals surface area contributed by atoms with Crippen LogP contribution < -0.4 is 10.2 Å². The highest BCUT2D eigenvalue weighted by atomic mass is 35.5. The molecule has 0 bridgehead atoms. The quantitative estimate of drug-likeness (QED) is 0.118. The van der Waals surface area contributed by atoms with Crippen LogP contribution in [0.25, 0.3) is 10.8 Å². The molecular weight excluding hydrogens is 811 g/mol. The lowest BCUT2D eigenvalue weighted by Gasteiger charge is -2.51. The summed E-state index contributed by atoms with van der Waals surface area (Å²) in [5.74, 6) is -4.75. The summed E-state index contributed by atoms with van der Waals surface area (Å²) in [6.07, 6.45) is 3.79. The summed E-state index contributed by atoms with van der Waals surface area (Å²) >= 11 is 12.9. The number of piperidine rings is 1. The first kappa shape index (κ1) is 39.5.